The SMILES string of the molecule is COc1c(C)cnc(CN(C)c2ncnc3c2cnn3C)c1C. The molecule has 0 aromatic carbocycles. The highest BCUT2D eigenvalue weighted by molar-refractivity contribution is 5.86. The molecule has 0 aliphatic heterocycles. The number of fused-ring (bicyclic) bond motifs is 1. The number of rotatable bonds is 4. The van der Waals surface area contributed by atoms with Gasteiger partial charge in [0, 0.05) is 31.4 Å². The van der Waals surface area contributed by atoms with Gasteiger partial charge in [0.05, 0.1) is 30.9 Å². The van der Waals surface area contributed by atoms with E-state index in [0.717, 1.165) is 39.4 Å². The summed E-state index contributed by atoms with van der Waals surface area (Å²) >= 11 is 0. The van der Waals surface area contributed by atoms with Gasteiger partial charge in [0.25, 0.3) is 0 Å². The summed E-state index contributed by atoms with van der Waals surface area (Å²) in [4.78, 5) is 15.3. The average Bonchev–Trinajstić information content (AvgIpc) is 2.92. The van der Waals surface area contributed by atoms with E-state index in [1.807, 2.05) is 34.1 Å². The molecule has 7 nitrogen and oxygen atoms in total. The van der Waals surface area contributed by atoms with E-state index < -0.39 is 0 Å². The summed E-state index contributed by atoms with van der Waals surface area (Å²) in [5.74, 6) is 1.72. The molecule has 0 unspecified atom stereocenters. The van der Waals surface area contributed by atoms with Gasteiger partial charge in [0.2, 0.25) is 0 Å². The lowest BCUT2D eigenvalue weighted by Crippen LogP contribution is -2.20. The fourth-order valence-corrected chi connectivity index (χ4v) is 2.78. The van der Waals surface area contributed by atoms with Crippen LogP contribution < -0.4 is 9.64 Å². The average molecular weight is 312 g/mol. The monoisotopic (exact) mass is 312 g/mol. The molecule has 0 bridgehead atoms. The highest BCUT2D eigenvalue weighted by Crippen LogP contribution is 2.27. The number of nitrogens with zero attached hydrogens (tertiary/aromatic N) is 6. The van der Waals surface area contributed by atoms with Gasteiger partial charge in [-0.05, 0) is 13.8 Å². The molecule has 0 fully saturated rings. The van der Waals surface area contributed by atoms with Crippen LogP contribution >= 0.6 is 0 Å². The maximum Gasteiger partial charge on any atom is 0.163 e. The van der Waals surface area contributed by atoms with Gasteiger partial charge < -0.3 is 9.64 Å². The summed E-state index contributed by atoms with van der Waals surface area (Å²) < 4.78 is 7.22. The predicted molar refractivity (Wildman–Crippen MR) is 88.7 cm³/mol. The highest BCUT2D eigenvalue weighted by atomic mass is 16.5. The molecule has 0 atom stereocenters. The van der Waals surface area contributed by atoms with Crippen LogP contribution in [0.1, 0.15) is 16.8 Å². The topological polar surface area (TPSA) is 69.0 Å². The van der Waals surface area contributed by atoms with E-state index in [9.17, 15) is 0 Å². The van der Waals surface area contributed by atoms with E-state index in [1.165, 1.54) is 0 Å². The van der Waals surface area contributed by atoms with Crippen LogP contribution in [0.3, 0.4) is 0 Å². The van der Waals surface area contributed by atoms with Crippen molar-refractivity contribution in [3.8, 4) is 5.75 Å². The van der Waals surface area contributed by atoms with E-state index in [0.29, 0.717) is 6.54 Å². The maximum atomic E-state index is 5.48. The largest absolute Gasteiger partial charge is 0.496 e. The molecule has 3 heterocycles. The summed E-state index contributed by atoms with van der Waals surface area (Å²) in [5.41, 5.74) is 3.86. The minimum atomic E-state index is 0.628. The first-order chi connectivity index (χ1) is 11.0. The molecular weight excluding hydrogens is 292 g/mol. The van der Waals surface area contributed by atoms with Crippen molar-refractivity contribution in [3.63, 3.8) is 0 Å². The van der Waals surface area contributed by atoms with Crippen LogP contribution in [0, 0.1) is 13.8 Å². The lowest BCUT2D eigenvalue weighted by atomic mass is 10.1. The minimum Gasteiger partial charge on any atom is -0.496 e. The first-order valence-electron chi connectivity index (χ1n) is 7.35. The van der Waals surface area contributed by atoms with Crippen molar-refractivity contribution in [2.75, 3.05) is 19.1 Å². The lowest BCUT2D eigenvalue weighted by molar-refractivity contribution is 0.407. The molecule has 3 aromatic heterocycles. The molecule has 0 spiro atoms. The van der Waals surface area contributed by atoms with E-state index in [-0.39, 0.29) is 0 Å². The van der Waals surface area contributed by atoms with Gasteiger partial charge in [-0.15, -0.1) is 0 Å². The Hall–Kier alpha value is -2.70. The van der Waals surface area contributed by atoms with Crippen molar-refractivity contribution in [1.82, 2.24) is 24.7 Å². The molecule has 0 aliphatic carbocycles. The van der Waals surface area contributed by atoms with Crippen LogP contribution in [0.5, 0.6) is 5.75 Å². The summed E-state index contributed by atoms with van der Waals surface area (Å²) in [6.07, 6.45) is 5.19. The molecule has 3 rings (SSSR count). The van der Waals surface area contributed by atoms with Crippen molar-refractivity contribution in [3.05, 3.63) is 35.5 Å². The number of aryl methyl sites for hydroxylation is 2. The fraction of sp³-hybridized carbons (Fsp3) is 0.375. The van der Waals surface area contributed by atoms with Crippen LogP contribution in [0.2, 0.25) is 0 Å². The molecule has 120 valence electrons. The molecule has 3 aromatic rings. The van der Waals surface area contributed by atoms with E-state index in [2.05, 4.69) is 25.0 Å². The van der Waals surface area contributed by atoms with Gasteiger partial charge in [0.15, 0.2) is 5.65 Å². The van der Waals surface area contributed by atoms with Crippen molar-refractivity contribution in [2.45, 2.75) is 20.4 Å². The predicted octanol–water partition coefficient (Wildman–Crippen LogP) is 2.02. The summed E-state index contributed by atoms with van der Waals surface area (Å²) in [7, 11) is 5.55. The van der Waals surface area contributed by atoms with Gasteiger partial charge in [-0.1, -0.05) is 0 Å². The second-order valence-electron chi connectivity index (χ2n) is 5.60. The van der Waals surface area contributed by atoms with Crippen LogP contribution in [0.25, 0.3) is 11.0 Å². The van der Waals surface area contributed by atoms with E-state index in [4.69, 9.17) is 4.74 Å². The van der Waals surface area contributed by atoms with Crippen LogP contribution in [0.15, 0.2) is 18.7 Å². The Labute approximate surface area is 134 Å². The van der Waals surface area contributed by atoms with Gasteiger partial charge in [-0.2, -0.15) is 5.10 Å². The Balaban J connectivity index is 1.97. The fourth-order valence-electron chi connectivity index (χ4n) is 2.78. The Morgan fingerprint density at radius 3 is 2.70 bits per heavy atom. The minimum absolute atomic E-state index is 0.628. The zero-order valence-electron chi connectivity index (χ0n) is 14.0. The number of anilines is 1. The molecular formula is C16H20N6O. The van der Waals surface area contributed by atoms with Crippen LogP contribution in [0.4, 0.5) is 5.82 Å². The number of aromatic nitrogens is 5. The molecule has 23 heavy (non-hydrogen) atoms. The molecule has 7 heteroatoms. The summed E-state index contributed by atoms with van der Waals surface area (Å²) in [5, 5.41) is 5.18. The highest BCUT2D eigenvalue weighted by Gasteiger charge is 2.15. The molecule has 0 radical (unpaired) electrons. The Morgan fingerprint density at radius 1 is 1.17 bits per heavy atom. The number of hydrogen-bond donors (Lipinski definition) is 0. The molecule has 0 amide bonds. The zero-order valence-corrected chi connectivity index (χ0v) is 14.0. The Kier molecular flexibility index (Phi) is 3.85. The Bertz CT molecular complexity index is 857. The van der Waals surface area contributed by atoms with Gasteiger partial charge in [-0.25, -0.2) is 9.97 Å². The van der Waals surface area contributed by atoms with E-state index >= 15 is 0 Å². The number of ether oxygens (including phenoxy) is 1. The quantitative estimate of drug-likeness (QED) is 0.734. The third kappa shape index (κ3) is 2.58. The molecule has 0 aliphatic rings. The third-order valence-electron chi connectivity index (χ3n) is 4.01. The number of methoxy groups -OCH3 is 1. The van der Waals surface area contributed by atoms with Crippen molar-refractivity contribution < 1.29 is 4.74 Å². The van der Waals surface area contributed by atoms with Gasteiger partial charge in [-0.3, -0.25) is 9.67 Å². The number of hydrogen-bond acceptors (Lipinski definition) is 6. The standard InChI is InChI=1S/C16H20N6O/c1-10-6-17-13(11(2)14(10)23-5)8-21(3)15-12-7-20-22(4)16(12)19-9-18-15/h6-7,9H,8H2,1-5H3. The smallest absolute Gasteiger partial charge is 0.163 e. The summed E-state index contributed by atoms with van der Waals surface area (Å²) in [6, 6.07) is 0. The van der Waals surface area contributed by atoms with Gasteiger partial charge in [0.1, 0.15) is 17.9 Å². The van der Waals surface area contributed by atoms with E-state index in [1.54, 1.807) is 24.3 Å². The second kappa shape index (κ2) is 5.83. The van der Waals surface area contributed by atoms with Crippen molar-refractivity contribution >= 4 is 16.9 Å². The first kappa shape index (κ1) is 15.2. The van der Waals surface area contributed by atoms with Crippen LogP contribution in [-0.4, -0.2) is 38.9 Å². The van der Waals surface area contributed by atoms with Crippen molar-refractivity contribution in [1.29, 1.82) is 0 Å². The van der Waals surface area contributed by atoms with Gasteiger partial charge >= 0.3 is 0 Å². The second-order valence-corrected chi connectivity index (χ2v) is 5.60. The normalized spacial score (nSPS) is 11.0. The lowest BCUT2D eigenvalue weighted by Gasteiger charge is -2.20. The molecule has 0 N–H and O–H groups in total. The molecule has 0 saturated heterocycles. The third-order valence-corrected chi connectivity index (χ3v) is 4.01. The first-order valence-corrected chi connectivity index (χ1v) is 7.35. The summed E-state index contributed by atoms with van der Waals surface area (Å²) in [6.45, 7) is 4.65. The molecule has 0 saturated carbocycles. The van der Waals surface area contributed by atoms with Crippen LogP contribution in [-0.2, 0) is 13.6 Å². The maximum absolute atomic E-state index is 5.48. The van der Waals surface area contributed by atoms with Crippen molar-refractivity contribution in [2.24, 2.45) is 7.05 Å². The Morgan fingerprint density at radius 2 is 1.96 bits per heavy atom. The zero-order chi connectivity index (χ0) is 16.6. The number of pyridine rings is 1.